The Hall–Kier alpha value is -6.26. The highest BCUT2D eigenvalue weighted by Crippen LogP contribution is 2.49. The molecular formula is C42H22N4. The van der Waals surface area contributed by atoms with Crippen molar-refractivity contribution < 1.29 is 0 Å². The lowest BCUT2D eigenvalue weighted by molar-refractivity contribution is 1.02. The van der Waals surface area contributed by atoms with Gasteiger partial charge in [-0.2, -0.15) is 0 Å². The SMILES string of the molecule is c1ccc2c(c1)-c1cccc3nc(-n4c5cc6ccccc6cc5c5c6c7ccccc7n7c8ccccc8c(cc54)c67)nc-2c13. The number of hydrogen-bond acceptors (Lipinski definition) is 2. The van der Waals surface area contributed by atoms with Gasteiger partial charge in [-0.3, -0.25) is 4.57 Å². The van der Waals surface area contributed by atoms with Crippen molar-refractivity contribution in [2.45, 2.75) is 0 Å². The van der Waals surface area contributed by atoms with Crippen molar-refractivity contribution >= 4 is 81.6 Å². The van der Waals surface area contributed by atoms with Crippen molar-refractivity contribution in [1.29, 1.82) is 0 Å². The lowest BCUT2D eigenvalue weighted by Crippen LogP contribution is -2.02. The largest absolute Gasteiger partial charge is 0.308 e. The van der Waals surface area contributed by atoms with Crippen molar-refractivity contribution in [2.24, 2.45) is 0 Å². The molecule has 0 aliphatic heterocycles. The summed E-state index contributed by atoms with van der Waals surface area (Å²) in [4.78, 5) is 10.8. The molecule has 0 spiro atoms. The highest BCUT2D eigenvalue weighted by atomic mass is 15.2. The van der Waals surface area contributed by atoms with Gasteiger partial charge >= 0.3 is 0 Å². The van der Waals surface area contributed by atoms with Gasteiger partial charge in [0, 0.05) is 43.3 Å². The summed E-state index contributed by atoms with van der Waals surface area (Å²) < 4.78 is 4.79. The molecule has 1 aliphatic carbocycles. The zero-order valence-corrected chi connectivity index (χ0v) is 24.5. The Labute approximate surface area is 261 Å². The van der Waals surface area contributed by atoms with Gasteiger partial charge in [-0.15, -0.1) is 0 Å². The van der Waals surface area contributed by atoms with Gasteiger partial charge < -0.3 is 4.40 Å². The number of nitrogens with zero attached hydrogens (tertiary/aromatic N) is 4. The number of hydrogen-bond donors (Lipinski definition) is 0. The topological polar surface area (TPSA) is 35.1 Å². The van der Waals surface area contributed by atoms with Crippen LogP contribution in [-0.2, 0) is 0 Å². The predicted molar refractivity (Wildman–Crippen MR) is 190 cm³/mol. The van der Waals surface area contributed by atoms with Crippen LogP contribution in [0.5, 0.6) is 0 Å². The van der Waals surface area contributed by atoms with E-state index in [0.29, 0.717) is 5.95 Å². The summed E-state index contributed by atoms with van der Waals surface area (Å²) in [6.45, 7) is 0. The molecule has 0 atom stereocenters. The summed E-state index contributed by atoms with van der Waals surface area (Å²) in [7, 11) is 0. The molecule has 46 heavy (non-hydrogen) atoms. The van der Waals surface area contributed by atoms with Crippen molar-refractivity contribution in [3.8, 4) is 28.3 Å². The first kappa shape index (κ1) is 23.2. The first-order valence-corrected chi connectivity index (χ1v) is 15.8. The van der Waals surface area contributed by atoms with E-state index in [0.717, 1.165) is 27.6 Å². The number of aromatic nitrogens is 4. The van der Waals surface area contributed by atoms with Crippen LogP contribution in [0.3, 0.4) is 0 Å². The maximum atomic E-state index is 5.43. The van der Waals surface area contributed by atoms with Crippen molar-refractivity contribution in [3.05, 3.63) is 133 Å². The van der Waals surface area contributed by atoms with Crippen LogP contribution < -0.4 is 0 Å². The lowest BCUT2D eigenvalue weighted by atomic mass is 10.0. The third kappa shape index (κ3) is 2.61. The Morgan fingerprint density at radius 1 is 0.413 bits per heavy atom. The van der Waals surface area contributed by atoms with Crippen molar-refractivity contribution in [2.75, 3.05) is 0 Å². The van der Waals surface area contributed by atoms with Gasteiger partial charge in [-0.25, -0.2) is 9.97 Å². The van der Waals surface area contributed by atoms with Gasteiger partial charge in [-0.05, 0) is 58.3 Å². The van der Waals surface area contributed by atoms with Crippen LogP contribution in [0.1, 0.15) is 0 Å². The normalized spacial score (nSPS) is 12.8. The van der Waals surface area contributed by atoms with Crippen LogP contribution in [0.4, 0.5) is 0 Å². The van der Waals surface area contributed by atoms with Crippen LogP contribution in [-0.4, -0.2) is 18.9 Å². The average molecular weight is 583 g/mol. The van der Waals surface area contributed by atoms with E-state index in [1.165, 1.54) is 76.3 Å². The molecule has 4 nitrogen and oxygen atoms in total. The quantitative estimate of drug-likeness (QED) is 0.193. The van der Waals surface area contributed by atoms with Crippen LogP contribution in [0.2, 0.25) is 0 Å². The van der Waals surface area contributed by atoms with E-state index in [1.54, 1.807) is 0 Å². The van der Waals surface area contributed by atoms with Crippen molar-refractivity contribution in [1.82, 2.24) is 18.9 Å². The molecule has 4 heteroatoms. The third-order valence-corrected chi connectivity index (χ3v) is 10.4. The minimum Gasteiger partial charge on any atom is -0.308 e. The molecule has 0 fully saturated rings. The standard InChI is InChI=1S/C42H22N4/c1-2-11-24-21-35-31(20-23(24)10-1)38-36(22-30-26-13-5-7-18-33(26)45-34-19-8-6-15-29(34)39(38)41(30)45)46(35)42-43-32-17-9-16-27-25-12-3-4-14-28(25)40(44-42)37(27)32/h1-22H. The first-order valence-electron chi connectivity index (χ1n) is 15.8. The van der Waals surface area contributed by atoms with E-state index in [9.17, 15) is 0 Å². The fourth-order valence-electron chi connectivity index (χ4n) is 8.53. The zero-order valence-electron chi connectivity index (χ0n) is 24.5. The Kier molecular flexibility index (Phi) is 3.96. The van der Waals surface area contributed by atoms with Crippen LogP contribution >= 0.6 is 0 Å². The van der Waals surface area contributed by atoms with Gasteiger partial charge in [0.1, 0.15) is 0 Å². The molecular weight excluding hydrogens is 560 g/mol. The Balaban J connectivity index is 1.35. The molecule has 4 aromatic heterocycles. The van der Waals surface area contributed by atoms with Crippen LogP contribution in [0.15, 0.2) is 133 Å². The van der Waals surface area contributed by atoms with Gasteiger partial charge in [0.15, 0.2) is 0 Å². The molecule has 0 saturated heterocycles. The van der Waals surface area contributed by atoms with Crippen LogP contribution in [0, 0.1) is 0 Å². The highest BCUT2D eigenvalue weighted by Gasteiger charge is 2.28. The Morgan fingerprint density at radius 2 is 1.11 bits per heavy atom. The van der Waals surface area contributed by atoms with Gasteiger partial charge in [0.2, 0.25) is 5.95 Å². The number of rotatable bonds is 1. The Morgan fingerprint density at radius 3 is 1.98 bits per heavy atom. The van der Waals surface area contributed by atoms with E-state index in [4.69, 9.17) is 9.97 Å². The van der Waals surface area contributed by atoms with Gasteiger partial charge in [0.25, 0.3) is 0 Å². The highest BCUT2D eigenvalue weighted by molar-refractivity contribution is 6.36. The summed E-state index contributed by atoms with van der Waals surface area (Å²) in [6.07, 6.45) is 0. The molecule has 210 valence electrons. The number of para-hydroxylation sites is 2. The molecule has 0 unspecified atom stereocenters. The predicted octanol–water partition coefficient (Wildman–Crippen LogP) is 10.7. The smallest absolute Gasteiger partial charge is 0.235 e. The summed E-state index contributed by atoms with van der Waals surface area (Å²) >= 11 is 0. The molecule has 12 rings (SSSR count). The minimum absolute atomic E-state index is 0.702. The van der Waals surface area contributed by atoms with E-state index < -0.39 is 0 Å². The molecule has 11 aromatic rings. The Bertz CT molecular complexity index is 3140. The van der Waals surface area contributed by atoms with E-state index in [-0.39, 0.29) is 0 Å². The fraction of sp³-hybridized carbons (Fsp3) is 0. The van der Waals surface area contributed by atoms with Crippen molar-refractivity contribution in [3.63, 3.8) is 0 Å². The summed E-state index contributed by atoms with van der Waals surface area (Å²) in [5.74, 6) is 0.702. The third-order valence-electron chi connectivity index (χ3n) is 10.4. The summed E-state index contributed by atoms with van der Waals surface area (Å²) in [6, 6.07) is 48.4. The van der Waals surface area contributed by atoms with Crippen LogP contribution in [0.25, 0.3) is 110 Å². The summed E-state index contributed by atoms with van der Waals surface area (Å²) in [5, 5.41) is 11.1. The molecule has 0 amide bonds. The first-order chi connectivity index (χ1) is 22.8. The molecule has 7 aromatic carbocycles. The zero-order chi connectivity index (χ0) is 29.7. The molecule has 0 saturated carbocycles. The molecule has 1 aliphatic rings. The average Bonchev–Trinajstić information content (AvgIpc) is 3.82. The maximum Gasteiger partial charge on any atom is 0.235 e. The minimum atomic E-state index is 0.702. The molecule has 0 bridgehead atoms. The fourth-order valence-corrected chi connectivity index (χ4v) is 8.53. The number of benzene rings is 7. The number of fused-ring (bicyclic) bond motifs is 14. The van der Waals surface area contributed by atoms with E-state index >= 15 is 0 Å². The van der Waals surface area contributed by atoms with Gasteiger partial charge in [0.05, 0.1) is 38.8 Å². The van der Waals surface area contributed by atoms with Gasteiger partial charge in [-0.1, -0.05) is 97.1 Å². The second kappa shape index (κ2) is 7.87. The van der Waals surface area contributed by atoms with E-state index in [1.807, 2.05) is 0 Å². The summed E-state index contributed by atoms with van der Waals surface area (Å²) in [5.41, 5.74) is 11.6. The van der Waals surface area contributed by atoms with E-state index in [2.05, 4.69) is 142 Å². The second-order valence-electron chi connectivity index (χ2n) is 12.6. The second-order valence-corrected chi connectivity index (χ2v) is 12.6. The maximum absolute atomic E-state index is 5.43. The molecule has 0 N–H and O–H groups in total. The molecule has 4 heterocycles. The lowest BCUT2D eigenvalue weighted by Gasteiger charge is -2.10. The monoisotopic (exact) mass is 582 g/mol. The molecule has 0 radical (unpaired) electrons.